The lowest BCUT2D eigenvalue weighted by Gasteiger charge is -2.34. The Kier molecular flexibility index (Phi) is 7.99. The summed E-state index contributed by atoms with van der Waals surface area (Å²) in [6.07, 6.45) is 1.43. The summed E-state index contributed by atoms with van der Waals surface area (Å²) in [6.45, 7) is 3.10. The number of ether oxygens (including phenoxy) is 1. The van der Waals surface area contributed by atoms with Crippen LogP contribution in [0.15, 0.2) is 54.6 Å². The summed E-state index contributed by atoms with van der Waals surface area (Å²) in [4.78, 5) is 24.9. The van der Waals surface area contributed by atoms with Crippen molar-refractivity contribution in [1.29, 1.82) is 0 Å². The van der Waals surface area contributed by atoms with Gasteiger partial charge in [0.25, 0.3) is 5.69 Å². The van der Waals surface area contributed by atoms with Gasteiger partial charge in [0.05, 0.1) is 10.8 Å². The molecule has 0 spiro atoms. The maximum atomic E-state index is 12.8. The maximum Gasteiger partial charge on any atom is 0.269 e. The molecule has 1 aliphatic heterocycles. The van der Waals surface area contributed by atoms with Crippen molar-refractivity contribution < 1.29 is 14.5 Å². The number of hydrogen-bond acceptors (Lipinski definition) is 5. The monoisotopic (exact) mass is 419 g/mol. The largest absolute Gasteiger partial charge is 0.490 e. The van der Waals surface area contributed by atoms with Gasteiger partial charge in [-0.15, -0.1) is 12.4 Å². The highest BCUT2D eigenvalue weighted by Gasteiger charge is 2.30. The molecule has 0 radical (unpaired) electrons. The van der Waals surface area contributed by atoms with Gasteiger partial charge < -0.3 is 15.4 Å². The van der Waals surface area contributed by atoms with Crippen LogP contribution in [0.2, 0.25) is 0 Å². The summed E-state index contributed by atoms with van der Waals surface area (Å²) in [5.41, 5.74) is 7.29. The lowest BCUT2D eigenvalue weighted by atomic mass is 9.93. The van der Waals surface area contributed by atoms with Crippen LogP contribution in [0.5, 0.6) is 5.75 Å². The summed E-state index contributed by atoms with van der Waals surface area (Å²) in [7, 11) is 0. The molecule has 2 aromatic carbocycles. The number of nitrogens with two attached hydrogens (primary N) is 1. The molecule has 8 heteroatoms. The molecule has 2 atom stereocenters. The van der Waals surface area contributed by atoms with Gasteiger partial charge in [-0.1, -0.05) is 37.3 Å². The number of halogens is 1. The number of hydrogen-bond donors (Lipinski definition) is 1. The number of non-ortho nitro benzene ring substituents is 1. The number of piperidine rings is 1. The molecule has 2 N–H and O–H groups in total. The number of rotatable bonds is 6. The molecule has 1 saturated heterocycles. The van der Waals surface area contributed by atoms with E-state index in [4.69, 9.17) is 10.5 Å². The average molecular weight is 420 g/mol. The Morgan fingerprint density at radius 3 is 2.28 bits per heavy atom. The highest BCUT2D eigenvalue weighted by Crippen LogP contribution is 2.25. The van der Waals surface area contributed by atoms with Crippen molar-refractivity contribution >= 4 is 24.0 Å². The SMILES string of the molecule is CC(C(=O)N1CCC(Oc2ccc([N+](=O)[O-])cc2)CC1)C(N)c1ccccc1.Cl. The van der Waals surface area contributed by atoms with Gasteiger partial charge in [0.15, 0.2) is 0 Å². The zero-order chi connectivity index (χ0) is 20.1. The molecular weight excluding hydrogens is 394 g/mol. The molecule has 1 amide bonds. The second-order valence-electron chi connectivity index (χ2n) is 7.12. The summed E-state index contributed by atoms with van der Waals surface area (Å²) in [5, 5.41) is 10.7. The van der Waals surface area contributed by atoms with Gasteiger partial charge in [0.2, 0.25) is 5.91 Å². The highest BCUT2D eigenvalue weighted by atomic mass is 35.5. The van der Waals surface area contributed by atoms with E-state index in [1.165, 1.54) is 12.1 Å². The smallest absolute Gasteiger partial charge is 0.269 e. The molecule has 156 valence electrons. The van der Waals surface area contributed by atoms with Gasteiger partial charge in [-0.25, -0.2) is 0 Å². The molecule has 0 aromatic heterocycles. The predicted molar refractivity (Wildman–Crippen MR) is 113 cm³/mol. The Morgan fingerprint density at radius 2 is 1.72 bits per heavy atom. The number of carbonyl (C=O) groups is 1. The Labute approximate surface area is 176 Å². The number of nitro benzene ring substituents is 1. The zero-order valence-corrected chi connectivity index (χ0v) is 17.1. The molecule has 0 bridgehead atoms. The van der Waals surface area contributed by atoms with Crippen LogP contribution in [0.3, 0.4) is 0 Å². The minimum Gasteiger partial charge on any atom is -0.490 e. The van der Waals surface area contributed by atoms with Crippen LogP contribution in [0.4, 0.5) is 5.69 Å². The van der Waals surface area contributed by atoms with Gasteiger partial charge in [0.1, 0.15) is 11.9 Å². The van der Waals surface area contributed by atoms with Crippen molar-refractivity contribution in [2.24, 2.45) is 11.7 Å². The number of benzene rings is 2. The molecule has 1 aliphatic rings. The minimum absolute atomic E-state index is 0. The van der Waals surface area contributed by atoms with E-state index in [0.29, 0.717) is 18.8 Å². The Balaban J connectivity index is 0.00000300. The first-order valence-corrected chi connectivity index (χ1v) is 9.46. The molecule has 29 heavy (non-hydrogen) atoms. The minimum atomic E-state index is -0.435. The lowest BCUT2D eigenvalue weighted by molar-refractivity contribution is -0.384. The van der Waals surface area contributed by atoms with Crippen molar-refractivity contribution in [2.45, 2.75) is 31.9 Å². The van der Waals surface area contributed by atoms with E-state index < -0.39 is 4.92 Å². The molecule has 3 rings (SSSR count). The molecule has 1 heterocycles. The van der Waals surface area contributed by atoms with Crippen LogP contribution in [0, 0.1) is 16.0 Å². The van der Waals surface area contributed by atoms with Gasteiger partial charge in [-0.2, -0.15) is 0 Å². The summed E-state index contributed by atoms with van der Waals surface area (Å²) >= 11 is 0. The van der Waals surface area contributed by atoms with Crippen molar-refractivity contribution in [3.63, 3.8) is 0 Å². The molecule has 0 aliphatic carbocycles. The summed E-state index contributed by atoms with van der Waals surface area (Å²) in [6, 6.07) is 15.4. The van der Waals surface area contributed by atoms with Crippen LogP contribution in [-0.2, 0) is 4.79 Å². The van der Waals surface area contributed by atoms with E-state index in [1.54, 1.807) is 12.1 Å². The fraction of sp³-hybridized carbons (Fsp3) is 0.381. The molecular formula is C21H26ClN3O4. The third kappa shape index (κ3) is 5.68. The normalized spacial score (nSPS) is 16.4. The maximum absolute atomic E-state index is 12.8. The first-order chi connectivity index (χ1) is 13.5. The first-order valence-electron chi connectivity index (χ1n) is 9.46. The fourth-order valence-corrected chi connectivity index (χ4v) is 3.44. The highest BCUT2D eigenvalue weighted by molar-refractivity contribution is 5.85. The van der Waals surface area contributed by atoms with Crippen LogP contribution in [0.1, 0.15) is 31.4 Å². The van der Waals surface area contributed by atoms with Crippen molar-refractivity contribution in [3.05, 3.63) is 70.3 Å². The molecule has 7 nitrogen and oxygen atoms in total. The van der Waals surface area contributed by atoms with E-state index in [1.807, 2.05) is 42.2 Å². The van der Waals surface area contributed by atoms with Crippen LogP contribution >= 0.6 is 12.4 Å². The first kappa shape index (κ1) is 22.6. The number of nitro groups is 1. The van der Waals surface area contributed by atoms with Crippen LogP contribution < -0.4 is 10.5 Å². The lowest BCUT2D eigenvalue weighted by Crippen LogP contribution is -2.45. The molecule has 2 aromatic rings. The second kappa shape index (κ2) is 10.2. The zero-order valence-electron chi connectivity index (χ0n) is 16.3. The van der Waals surface area contributed by atoms with E-state index in [-0.39, 0.29) is 42.1 Å². The van der Waals surface area contributed by atoms with E-state index in [2.05, 4.69) is 0 Å². The fourth-order valence-electron chi connectivity index (χ4n) is 3.44. The predicted octanol–water partition coefficient (Wildman–Crippen LogP) is 3.72. The van der Waals surface area contributed by atoms with Gasteiger partial charge in [-0.05, 0) is 17.7 Å². The number of nitrogens with zero attached hydrogens (tertiary/aromatic N) is 2. The van der Waals surface area contributed by atoms with Crippen molar-refractivity contribution in [1.82, 2.24) is 4.90 Å². The topological polar surface area (TPSA) is 98.7 Å². The van der Waals surface area contributed by atoms with Crippen molar-refractivity contribution in [2.75, 3.05) is 13.1 Å². The van der Waals surface area contributed by atoms with Gasteiger partial charge >= 0.3 is 0 Å². The second-order valence-corrected chi connectivity index (χ2v) is 7.12. The van der Waals surface area contributed by atoms with Crippen LogP contribution in [0.25, 0.3) is 0 Å². The molecule has 0 saturated carbocycles. The summed E-state index contributed by atoms with van der Waals surface area (Å²) < 4.78 is 5.91. The quantitative estimate of drug-likeness (QED) is 0.568. The van der Waals surface area contributed by atoms with E-state index in [0.717, 1.165) is 18.4 Å². The number of carbonyl (C=O) groups excluding carboxylic acids is 1. The molecule has 2 unspecified atom stereocenters. The number of likely N-dealkylation sites (tertiary alicyclic amines) is 1. The van der Waals surface area contributed by atoms with E-state index >= 15 is 0 Å². The summed E-state index contributed by atoms with van der Waals surface area (Å²) in [5.74, 6) is 0.370. The van der Waals surface area contributed by atoms with Crippen LogP contribution in [-0.4, -0.2) is 34.9 Å². The third-order valence-corrected chi connectivity index (χ3v) is 5.22. The average Bonchev–Trinajstić information content (AvgIpc) is 2.73. The number of amides is 1. The van der Waals surface area contributed by atoms with Gasteiger partial charge in [0, 0.05) is 44.1 Å². The Bertz CT molecular complexity index is 808. The standard InChI is InChI=1S/C21H25N3O4.ClH/c1-15(20(22)16-5-3-2-4-6-16)21(25)23-13-11-19(12-14-23)28-18-9-7-17(8-10-18)24(26)27;/h2-10,15,19-20H,11-14,22H2,1H3;1H. The molecule has 1 fully saturated rings. The van der Waals surface area contributed by atoms with Crippen molar-refractivity contribution in [3.8, 4) is 5.75 Å². The Hall–Kier alpha value is -2.64. The third-order valence-electron chi connectivity index (χ3n) is 5.22. The Morgan fingerprint density at radius 1 is 1.14 bits per heavy atom. The van der Waals surface area contributed by atoms with Gasteiger partial charge in [-0.3, -0.25) is 14.9 Å². The van der Waals surface area contributed by atoms with E-state index in [9.17, 15) is 14.9 Å².